The van der Waals surface area contributed by atoms with Gasteiger partial charge in [0.25, 0.3) is 5.91 Å². The summed E-state index contributed by atoms with van der Waals surface area (Å²) in [6.45, 7) is 0.372. The first-order valence-corrected chi connectivity index (χ1v) is 7.66. The van der Waals surface area contributed by atoms with Crippen LogP contribution in [0.4, 0.5) is 0 Å². The first-order chi connectivity index (χ1) is 10.5. The second-order valence-electron chi connectivity index (χ2n) is 4.50. The fourth-order valence-electron chi connectivity index (χ4n) is 1.99. The summed E-state index contributed by atoms with van der Waals surface area (Å²) < 4.78 is 11.1. The van der Waals surface area contributed by atoms with Crippen molar-refractivity contribution in [3.05, 3.63) is 57.0 Å². The lowest BCUT2D eigenvalue weighted by Crippen LogP contribution is -2.23. The number of carbonyl (C=O) groups excluding carboxylic acids is 1. The van der Waals surface area contributed by atoms with Crippen molar-refractivity contribution in [2.45, 2.75) is 6.54 Å². The van der Waals surface area contributed by atoms with Crippen LogP contribution >= 0.6 is 27.5 Å². The monoisotopic (exact) mass is 383 g/mol. The molecule has 0 aliphatic rings. The van der Waals surface area contributed by atoms with Crippen molar-refractivity contribution in [1.82, 2.24) is 5.32 Å². The van der Waals surface area contributed by atoms with Crippen LogP contribution in [0.3, 0.4) is 0 Å². The third-order valence-corrected chi connectivity index (χ3v) is 3.87. The van der Waals surface area contributed by atoms with Gasteiger partial charge >= 0.3 is 0 Å². The van der Waals surface area contributed by atoms with E-state index < -0.39 is 0 Å². The molecule has 6 heteroatoms. The highest BCUT2D eigenvalue weighted by Gasteiger charge is 2.17. The van der Waals surface area contributed by atoms with Crippen LogP contribution in [-0.4, -0.2) is 20.1 Å². The highest BCUT2D eigenvalue weighted by atomic mass is 79.9. The van der Waals surface area contributed by atoms with Gasteiger partial charge in [-0.25, -0.2) is 0 Å². The number of carbonyl (C=O) groups is 1. The number of ether oxygens (including phenoxy) is 2. The van der Waals surface area contributed by atoms with Crippen LogP contribution in [0.1, 0.15) is 15.9 Å². The number of methoxy groups -OCH3 is 2. The molecule has 0 bridgehead atoms. The molecular formula is C16H15BrClNO3. The van der Waals surface area contributed by atoms with Crippen molar-refractivity contribution >= 4 is 33.4 Å². The summed E-state index contributed by atoms with van der Waals surface area (Å²) in [4.78, 5) is 12.4. The fourth-order valence-corrected chi connectivity index (χ4v) is 2.80. The third kappa shape index (κ3) is 3.93. The van der Waals surface area contributed by atoms with Gasteiger partial charge in [-0.3, -0.25) is 4.79 Å². The van der Waals surface area contributed by atoms with E-state index in [4.69, 9.17) is 21.1 Å². The Balaban J connectivity index is 2.20. The van der Waals surface area contributed by atoms with Crippen molar-refractivity contribution in [2.75, 3.05) is 14.2 Å². The lowest BCUT2D eigenvalue weighted by atomic mass is 10.1. The van der Waals surface area contributed by atoms with Gasteiger partial charge in [0, 0.05) is 11.6 Å². The molecule has 0 saturated heterocycles. The lowest BCUT2D eigenvalue weighted by molar-refractivity contribution is 0.0947. The van der Waals surface area contributed by atoms with E-state index in [9.17, 15) is 4.79 Å². The Bertz CT molecular complexity index is 691. The van der Waals surface area contributed by atoms with E-state index in [-0.39, 0.29) is 5.91 Å². The Labute approximate surface area is 142 Å². The van der Waals surface area contributed by atoms with Crippen LogP contribution in [0.15, 0.2) is 40.9 Å². The lowest BCUT2D eigenvalue weighted by Gasteiger charge is -2.13. The molecule has 1 amide bonds. The van der Waals surface area contributed by atoms with Gasteiger partial charge in [0.15, 0.2) is 0 Å². The maximum Gasteiger partial charge on any atom is 0.255 e. The Morgan fingerprint density at radius 2 is 2.00 bits per heavy atom. The first kappa shape index (κ1) is 16.6. The van der Waals surface area contributed by atoms with E-state index in [1.54, 1.807) is 31.4 Å². The molecular weight excluding hydrogens is 370 g/mol. The van der Waals surface area contributed by atoms with Crippen molar-refractivity contribution in [1.29, 1.82) is 0 Å². The van der Waals surface area contributed by atoms with Gasteiger partial charge in [0.05, 0.1) is 24.3 Å². The summed E-state index contributed by atoms with van der Waals surface area (Å²) in [6, 6.07) is 10.7. The summed E-state index contributed by atoms with van der Waals surface area (Å²) in [5.41, 5.74) is 1.32. The first-order valence-electron chi connectivity index (χ1n) is 6.49. The van der Waals surface area contributed by atoms with E-state index in [0.717, 1.165) is 5.56 Å². The van der Waals surface area contributed by atoms with Crippen molar-refractivity contribution in [3.8, 4) is 11.5 Å². The summed E-state index contributed by atoms with van der Waals surface area (Å²) in [7, 11) is 3.06. The van der Waals surface area contributed by atoms with Gasteiger partial charge < -0.3 is 14.8 Å². The number of amides is 1. The van der Waals surface area contributed by atoms with E-state index in [1.807, 2.05) is 12.1 Å². The molecule has 0 aliphatic heterocycles. The molecule has 0 fully saturated rings. The predicted molar refractivity (Wildman–Crippen MR) is 89.9 cm³/mol. The smallest absolute Gasteiger partial charge is 0.255 e. The van der Waals surface area contributed by atoms with Crippen LogP contribution in [0.2, 0.25) is 5.02 Å². The molecule has 0 saturated carbocycles. The van der Waals surface area contributed by atoms with Crippen molar-refractivity contribution in [3.63, 3.8) is 0 Å². The average Bonchev–Trinajstić information content (AvgIpc) is 2.51. The van der Waals surface area contributed by atoms with Gasteiger partial charge in [-0.2, -0.15) is 0 Å². The van der Waals surface area contributed by atoms with Crippen LogP contribution in [-0.2, 0) is 6.54 Å². The highest BCUT2D eigenvalue weighted by molar-refractivity contribution is 9.10. The molecule has 0 spiro atoms. The van der Waals surface area contributed by atoms with Gasteiger partial charge in [0.1, 0.15) is 11.5 Å². The Morgan fingerprint density at radius 3 is 2.64 bits per heavy atom. The number of nitrogens with one attached hydrogen (secondary N) is 1. The Kier molecular flexibility index (Phi) is 5.69. The maximum absolute atomic E-state index is 12.4. The summed E-state index contributed by atoms with van der Waals surface area (Å²) in [5, 5.41) is 3.47. The van der Waals surface area contributed by atoms with Crippen molar-refractivity contribution < 1.29 is 14.3 Å². The zero-order valence-corrected chi connectivity index (χ0v) is 14.5. The fraction of sp³-hybridized carbons (Fsp3) is 0.188. The third-order valence-electron chi connectivity index (χ3n) is 3.04. The molecule has 22 heavy (non-hydrogen) atoms. The van der Waals surface area contributed by atoms with Gasteiger partial charge in [-0.15, -0.1) is 0 Å². The van der Waals surface area contributed by atoms with Gasteiger partial charge in [-0.05, 0) is 45.8 Å². The number of hydrogen-bond donors (Lipinski definition) is 1. The normalized spacial score (nSPS) is 10.2. The van der Waals surface area contributed by atoms with E-state index in [1.165, 1.54) is 7.11 Å². The molecule has 0 atom stereocenters. The van der Waals surface area contributed by atoms with E-state index in [0.29, 0.717) is 33.1 Å². The number of halogens is 2. The highest BCUT2D eigenvalue weighted by Crippen LogP contribution is 2.33. The molecule has 2 aromatic carbocycles. The van der Waals surface area contributed by atoms with Crippen LogP contribution in [0, 0.1) is 0 Å². The zero-order chi connectivity index (χ0) is 16.1. The topological polar surface area (TPSA) is 47.6 Å². The predicted octanol–water partition coefficient (Wildman–Crippen LogP) is 4.05. The van der Waals surface area contributed by atoms with Crippen LogP contribution < -0.4 is 14.8 Å². The minimum atomic E-state index is -0.253. The Hall–Kier alpha value is -1.72. The molecule has 4 nitrogen and oxygen atoms in total. The molecule has 2 rings (SSSR count). The Morgan fingerprint density at radius 1 is 1.23 bits per heavy atom. The standard InChI is InChI=1S/C16H15BrClNO3/c1-21-12-7-13(15(22-2)14(17)8-12)16(20)19-9-10-4-3-5-11(18)6-10/h3-8H,9H2,1-2H3,(H,19,20). The van der Waals surface area contributed by atoms with Crippen LogP contribution in [0.5, 0.6) is 11.5 Å². The molecule has 1 N–H and O–H groups in total. The number of hydrogen-bond acceptors (Lipinski definition) is 3. The van der Waals surface area contributed by atoms with Gasteiger partial charge in [0.2, 0.25) is 0 Å². The minimum absolute atomic E-state index is 0.253. The molecule has 0 heterocycles. The largest absolute Gasteiger partial charge is 0.497 e. The summed E-state index contributed by atoms with van der Waals surface area (Å²) in [5.74, 6) is 0.779. The summed E-state index contributed by atoms with van der Waals surface area (Å²) in [6.07, 6.45) is 0. The second-order valence-corrected chi connectivity index (χ2v) is 5.79. The molecule has 0 radical (unpaired) electrons. The van der Waals surface area contributed by atoms with E-state index >= 15 is 0 Å². The second kappa shape index (κ2) is 7.51. The summed E-state index contributed by atoms with van der Waals surface area (Å²) >= 11 is 9.30. The molecule has 116 valence electrons. The number of rotatable bonds is 5. The quantitative estimate of drug-likeness (QED) is 0.846. The molecule has 0 unspecified atom stereocenters. The molecule has 2 aromatic rings. The van der Waals surface area contributed by atoms with Crippen molar-refractivity contribution in [2.24, 2.45) is 0 Å². The molecule has 0 aromatic heterocycles. The number of benzene rings is 2. The minimum Gasteiger partial charge on any atom is -0.497 e. The van der Waals surface area contributed by atoms with Crippen LogP contribution in [0.25, 0.3) is 0 Å². The van der Waals surface area contributed by atoms with Gasteiger partial charge in [-0.1, -0.05) is 23.7 Å². The maximum atomic E-state index is 12.4. The molecule has 0 aliphatic carbocycles. The average molecular weight is 385 g/mol. The zero-order valence-electron chi connectivity index (χ0n) is 12.2. The SMILES string of the molecule is COc1cc(Br)c(OC)c(C(=O)NCc2cccc(Cl)c2)c1. The van der Waals surface area contributed by atoms with E-state index in [2.05, 4.69) is 21.2 Å².